The molecule has 1 aromatic rings. The Morgan fingerprint density at radius 1 is 1.38 bits per heavy atom. The third kappa shape index (κ3) is 2.60. The fourth-order valence-corrected chi connectivity index (χ4v) is 2.25. The number of benzene rings is 1. The van der Waals surface area contributed by atoms with Crippen LogP contribution in [-0.4, -0.2) is 13.1 Å². The molecule has 0 radical (unpaired) electrons. The summed E-state index contributed by atoms with van der Waals surface area (Å²) in [7, 11) is 0. The molecule has 0 amide bonds. The fraction of sp³-hybridized carbons (Fsp3) is 0.538. The summed E-state index contributed by atoms with van der Waals surface area (Å²) in [6, 6.07) is 6.72. The minimum absolute atomic E-state index is 0.170. The first-order chi connectivity index (χ1) is 7.74. The molecule has 2 rings (SSSR count). The minimum atomic E-state index is -0.170. The lowest BCUT2D eigenvalue weighted by Gasteiger charge is -2.41. The van der Waals surface area contributed by atoms with Gasteiger partial charge in [0.1, 0.15) is 5.82 Å². The molecule has 1 saturated carbocycles. The van der Waals surface area contributed by atoms with Gasteiger partial charge in [0, 0.05) is 13.1 Å². The maximum atomic E-state index is 12.9. The van der Waals surface area contributed by atoms with E-state index >= 15 is 0 Å². The predicted molar refractivity (Wildman–Crippen MR) is 63.4 cm³/mol. The standard InChI is InChI=1S/C13H19FN2/c14-12-4-1-3-11(7-12)8-16-10-13(9-15)5-2-6-13/h1,3-4,7,16H,2,5-6,8-10,15H2. The van der Waals surface area contributed by atoms with E-state index in [1.807, 2.05) is 6.07 Å². The van der Waals surface area contributed by atoms with Crippen molar-refractivity contribution in [3.05, 3.63) is 35.6 Å². The molecule has 0 saturated heterocycles. The zero-order valence-electron chi connectivity index (χ0n) is 9.51. The van der Waals surface area contributed by atoms with Gasteiger partial charge >= 0.3 is 0 Å². The second-order valence-electron chi connectivity index (χ2n) is 4.79. The molecule has 16 heavy (non-hydrogen) atoms. The number of nitrogens with two attached hydrogens (primary N) is 1. The summed E-state index contributed by atoms with van der Waals surface area (Å²) in [5.41, 5.74) is 7.08. The van der Waals surface area contributed by atoms with Crippen LogP contribution in [-0.2, 0) is 6.54 Å². The Bertz CT molecular complexity index is 342. The Hall–Kier alpha value is -0.930. The summed E-state index contributed by atoms with van der Waals surface area (Å²) < 4.78 is 12.9. The maximum Gasteiger partial charge on any atom is 0.123 e. The van der Waals surface area contributed by atoms with Crippen molar-refractivity contribution in [2.24, 2.45) is 11.1 Å². The van der Waals surface area contributed by atoms with Crippen LogP contribution >= 0.6 is 0 Å². The van der Waals surface area contributed by atoms with Gasteiger partial charge in [-0.15, -0.1) is 0 Å². The van der Waals surface area contributed by atoms with E-state index in [4.69, 9.17) is 5.73 Å². The van der Waals surface area contributed by atoms with Crippen LogP contribution in [0.5, 0.6) is 0 Å². The van der Waals surface area contributed by atoms with Crippen molar-refractivity contribution in [1.29, 1.82) is 0 Å². The molecule has 0 aliphatic heterocycles. The summed E-state index contributed by atoms with van der Waals surface area (Å²) in [4.78, 5) is 0. The third-order valence-electron chi connectivity index (χ3n) is 3.57. The van der Waals surface area contributed by atoms with Crippen LogP contribution < -0.4 is 11.1 Å². The normalized spacial score (nSPS) is 18.1. The second-order valence-corrected chi connectivity index (χ2v) is 4.79. The van der Waals surface area contributed by atoms with Gasteiger partial charge in [0.2, 0.25) is 0 Å². The molecule has 1 aliphatic carbocycles. The van der Waals surface area contributed by atoms with Crippen LogP contribution in [0.3, 0.4) is 0 Å². The van der Waals surface area contributed by atoms with Gasteiger partial charge in [0.25, 0.3) is 0 Å². The Kier molecular flexibility index (Phi) is 3.56. The average Bonchev–Trinajstić information content (AvgIpc) is 2.22. The van der Waals surface area contributed by atoms with Crippen LogP contribution in [0.25, 0.3) is 0 Å². The highest BCUT2D eigenvalue weighted by atomic mass is 19.1. The zero-order chi connectivity index (χ0) is 11.4. The first-order valence-electron chi connectivity index (χ1n) is 5.89. The van der Waals surface area contributed by atoms with Gasteiger partial charge in [-0.1, -0.05) is 18.6 Å². The van der Waals surface area contributed by atoms with Crippen molar-refractivity contribution in [2.45, 2.75) is 25.8 Å². The van der Waals surface area contributed by atoms with Crippen molar-refractivity contribution in [3.8, 4) is 0 Å². The van der Waals surface area contributed by atoms with Crippen molar-refractivity contribution < 1.29 is 4.39 Å². The van der Waals surface area contributed by atoms with E-state index in [1.165, 1.54) is 25.3 Å². The number of hydrogen-bond donors (Lipinski definition) is 2. The quantitative estimate of drug-likeness (QED) is 0.800. The molecule has 0 bridgehead atoms. The van der Waals surface area contributed by atoms with Crippen molar-refractivity contribution in [1.82, 2.24) is 5.32 Å². The summed E-state index contributed by atoms with van der Waals surface area (Å²) in [6.07, 6.45) is 3.73. The monoisotopic (exact) mass is 222 g/mol. The van der Waals surface area contributed by atoms with Crippen LogP contribution in [0.15, 0.2) is 24.3 Å². The number of hydrogen-bond acceptors (Lipinski definition) is 2. The molecule has 2 nitrogen and oxygen atoms in total. The highest BCUT2D eigenvalue weighted by Gasteiger charge is 2.34. The van der Waals surface area contributed by atoms with Gasteiger partial charge in [-0.2, -0.15) is 0 Å². The molecule has 3 heteroatoms. The van der Waals surface area contributed by atoms with E-state index in [0.717, 1.165) is 25.2 Å². The lowest BCUT2D eigenvalue weighted by Crippen LogP contribution is -2.45. The van der Waals surface area contributed by atoms with Crippen LogP contribution in [0.1, 0.15) is 24.8 Å². The number of rotatable bonds is 5. The molecule has 0 aromatic heterocycles. The summed E-state index contributed by atoms with van der Waals surface area (Å²) in [6.45, 7) is 2.42. The van der Waals surface area contributed by atoms with Gasteiger partial charge in [-0.25, -0.2) is 4.39 Å². The van der Waals surface area contributed by atoms with Crippen molar-refractivity contribution in [3.63, 3.8) is 0 Å². The van der Waals surface area contributed by atoms with E-state index < -0.39 is 0 Å². The Morgan fingerprint density at radius 3 is 2.75 bits per heavy atom. The molecule has 0 spiro atoms. The van der Waals surface area contributed by atoms with E-state index in [9.17, 15) is 4.39 Å². The first kappa shape index (κ1) is 11.6. The Labute approximate surface area is 96.0 Å². The average molecular weight is 222 g/mol. The van der Waals surface area contributed by atoms with Crippen LogP contribution in [0, 0.1) is 11.2 Å². The van der Waals surface area contributed by atoms with Gasteiger partial charge in [-0.3, -0.25) is 0 Å². The Morgan fingerprint density at radius 2 is 2.19 bits per heavy atom. The lowest BCUT2D eigenvalue weighted by atomic mass is 9.69. The Balaban J connectivity index is 1.79. The second kappa shape index (κ2) is 4.93. The van der Waals surface area contributed by atoms with Crippen LogP contribution in [0.4, 0.5) is 4.39 Å². The fourth-order valence-electron chi connectivity index (χ4n) is 2.25. The first-order valence-corrected chi connectivity index (χ1v) is 5.89. The van der Waals surface area contributed by atoms with Gasteiger partial charge in [0.15, 0.2) is 0 Å². The highest BCUT2D eigenvalue weighted by Crippen LogP contribution is 2.39. The summed E-state index contributed by atoms with van der Waals surface area (Å²) >= 11 is 0. The molecule has 1 aromatic carbocycles. The van der Waals surface area contributed by atoms with Crippen molar-refractivity contribution >= 4 is 0 Å². The summed E-state index contributed by atoms with van der Waals surface area (Å²) in [5.74, 6) is -0.170. The molecular formula is C13H19FN2. The zero-order valence-corrected chi connectivity index (χ0v) is 9.51. The molecular weight excluding hydrogens is 203 g/mol. The van der Waals surface area contributed by atoms with E-state index in [0.29, 0.717) is 5.41 Å². The largest absolute Gasteiger partial charge is 0.330 e. The predicted octanol–water partition coefficient (Wildman–Crippen LogP) is 2.04. The van der Waals surface area contributed by atoms with E-state index in [1.54, 1.807) is 12.1 Å². The summed E-state index contributed by atoms with van der Waals surface area (Å²) in [5, 5.41) is 3.38. The van der Waals surface area contributed by atoms with Gasteiger partial charge in [0.05, 0.1) is 0 Å². The molecule has 0 unspecified atom stereocenters. The SMILES string of the molecule is NCC1(CNCc2cccc(F)c2)CCC1. The number of nitrogens with one attached hydrogen (secondary N) is 1. The molecule has 3 N–H and O–H groups in total. The topological polar surface area (TPSA) is 38.0 Å². The highest BCUT2D eigenvalue weighted by molar-refractivity contribution is 5.16. The molecule has 1 aliphatic rings. The molecule has 0 heterocycles. The lowest BCUT2D eigenvalue weighted by molar-refractivity contribution is 0.141. The van der Waals surface area contributed by atoms with Gasteiger partial charge in [-0.05, 0) is 42.5 Å². The molecule has 88 valence electrons. The maximum absolute atomic E-state index is 12.9. The molecule has 0 atom stereocenters. The molecule has 1 fully saturated rings. The van der Waals surface area contributed by atoms with E-state index in [-0.39, 0.29) is 5.82 Å². The smallest absolute Gasteiger partial charge is 0.123 e. The van der Waals surface area contributed by atoms with Crippen molar-refractivity contribution in [2.75, 3.05) is 13.1 Å². The van der Waals surface area contributed by atoms with Crippen LogP contribution in [0.2, 0.25) is 0 Å². The third-order valence-corrected chi connectivity index (χ3v) is 3.57. The number of halogens is 1. The van der Waals surface area contributed by atoms with Gasteiger partial charge < -0.3 is 11.1 Å². The minimum Gasteiger partial charge on any atom is -0.330 e. The van der Waals surface area contributed by atoms with E-state index in [2.05, 4.69) is 5.32 Å².